The van der Waals surface area contributed by atoms with Crippen LogP contribution in [0, 0.1) is 0 Å². The van der Waals surface area contributed by atoms with Gasteiger partial charge in [0.2, 0.25) is 0 Å². The van der Waals surface area contributed by atoms with Crippen molar-refractivity contribution in [3.63, 3.8) is 0 Å². The average Bonchev–Trinajstić information content (AvgIpc) is 1.81. The van der Waals surface area contributed by atoms with Gasteiger partial charge in [-0.05, 0) is 24.3 Å². The van der Waals surface area contributed by atoms with Gasteiger partial charge in [-0.3, -0.25) is 0 Å². The van der Waals surface area contributed by atoms with Crippen LogP contribution in [0.4, 0.5) is 0 Å². The van der Waals surface area contributed by atoms with Crippen LogP contribution >= 0.6 is 11.8 Å². The van der Waals surface area contributed by atoms with Gasteiger partial charge in [0.1, 0.15) is 0 Å². The predicted molar refractivity (Wildman–Crippen MR) is 42.4 cm³/mol. The smallest absolute Gasteiger partial charge is 0.00330 e. The van der Waals surface area contributed by atoms with Crippen molar-refractivity contribution in [2.75, 3.05) is 11.5 Å². The molecule has 8 heavy (non-hydrogen) atoms. The van der Waals surface area contributed by atoms with Crippen LogP contribution in [0.3, 0.4) is 0 Å². The van der Waals surface area contributed by atoms with Crippen molar-refractivity contribution in [2.24, 2.45) is 0 Å². The number of rotatable bonds is 5. The number of hydrogen-bond acceptors (Lipinski definition) is 1. The molecular weight excluding hydrogens is 116 g/mol. The van der Waals surface area contributed by atoms with Crippen LogP contribution in [0.2, 0.25) is 0 Å². The van der Waals surface area contributed by atoms with Crippen molar-refractivity contribution in [2.45, 2.75) is 19.8 Å². The van der Waals surface area contributed by atoms with Crippen LogP contribution in [0.1, 0.15) is 19.8 Å². The minimum Gasteiger partial charge on any atom is -0.162 e. The molecule has 0 aliphatic heterocycles. The molecule has 0 N–H and O–H groups in total. The summed E-state index contributed by atoms with van der Waals surface area (Å²) in [6.45, 7) is 5.85. The Morgan fingerprint density at radius 1 is 1.50 bits per heavy atom. The van der Waals surface area contributed by atoms with Crippen molar-refractivity contribution in [1.82, 2.24) is 0 Å². The predicted octanol–water partition coefficient (Wildman–Crippen LogP) is 2.71. The highest BCUT2D eigenvalue weighted by molar-refractivity contribution is 7.99. The molecule has 0 aliphatic rings. The molecule has 0 nitrogen and oxygen atoms in total. The largest absolute Gasteiger partial charge is 0.162 e. The molecule has 0 amide bonds. The van der Waals surface area contributed by atoms with E-state index >= 15 is 0 Å². The summed E-state index contributed by atoms with van der Waals surface area (Å²) < 4.78 is 0. The summed E-state index contributed by atoms with van der Waals surface area (Å²) in [7, 11) is 0. The van der Waals surface area contributed by atoms with E-state index in [1.807, 2.05) is 17.8 Å². The number of thioether (sulfide) groups is 1. The number of allylic oxidation sites excluding steroid dienone is 1. The molecule has 0 aromatic carbocycles. The molecular formula is C7H14S. The van der Waals surface area contributed by atoms with E-state index in [1.54, 1.807) is 0 Å². The first kappa shape index (κ1) is 8.09. The van der Waals surface area contributed by atoms with Gasteiger partial charge < -0.3 is 0 Å². The van der Waals surface area contributed by atoms with Crippen LogP contribution < -0.4 is 0 Å². The second-order valence-corrected chi connectivity index (χ2v) is 2.91. The van der Waals surface area contributed by atoms with E-state index in [2.05, 4.69) is 13.5 Å². The molecule has 1 heteroatoms. The van der Waals surface area contributed by atoms with Gasteiger partial charge in [-0.2, -0.15) is 11.8 Å². The zero-order valence-electron chi connectivity index (χ0n) is 5.52. The molecule has 0 atom stereocenters. The second kappa shape index (κ2) is 7.09. The first-order valence-corrected chi connectivity index (χ1v) is 4.26. The molecule has 0 aromatic heterocycles. The van der Waals surface area contributed by atoms with Gasteiger partial charge in [0.05, 0.1) is 0 Å². The van der Waals surface area contributed by atoms with Crippen LogP contribution in [0.25, 0.3) is 0 Å². The molecule has 0 radical (unpaired) electrons. The lowest BCUT2D eigenvalue weighted by Crippen LogP contribution is -1.77. The van der Waals surface area contributed by atoms with Gasteiger partial charge in [-0.25, -0.2) is 0 Å². The highest BCUT2D eigenvalue weighted by Crippen LogP contribution is 2.03. The van der Waals surface area contributed by atoms with Gasteiger partial charge in [0.15, 0.2) is 0 Å². The minimum atomic E-state index is 1.16. The first-order valence-electron chi connectivity index (χ1n) is 3.10. The van der Waals surface area contributed by atoms with Gasteiger partial charge >= 0.3 is 0 Å². The van der Waals surface area contributed by atoms with Crippen LogP contribution in [-0.4, -0.2) is 11.5 Å². The fourth-order valence-corrected chi connectivity index (χ4v) is 1.24. The lowest BCUT2D eigenvalue weighted by atomic mass is 10.5. The molecule has 0 rings (SSSR count). The summed E-state index contributed by atoms with van der Waals surface area (Å²) in [5.41, 5.74) is 0. The monoisotopic (exact) mass is 130 g/mol. The molecule has 0 saturated carbocycles. The third-order valence-electron chi connectivity index (χ3n) is 0.815. The summed E-state index contributed by atoms with van der Waals surface area (Å²) in [6, 6.07) is 0. The quantitative estimate of drug-likeness (QED) is 0.407. The molecule has 0 saturated heterocycles. The minimum absolute atomic E-state index is 1.16. The molecule has 0 fully saturated rings. The average molecular weight is 130 g/mol. The van der Waals surface area contributed by atoms with Gasteiger partial charge in [0.25, 0.3) is 0 Å². The fraction of sp³-hybridized carbons (Fsp3) is 0.714. The van der Waals surface area contributed by atoms with Crippen molar-refractivity contribution in [3.8, 4) is 0 Å². The van der Waals surface area contributed by atoms with Crippen LogP contribution in [0.5, 0.6) is 0 Å². The second-order valence-electron chi connectivity index (χ2n) is 1.69. The fourth-order valence-electron chi connectivity index (χ4n) is 0.413. The summed E-state index contributed by atoms with van der Waals surface area (Å²) in [4.78, 5) is 0. The summed E-state index contributed by atoms with van der Waals surface area (Å²) in [6.07, 6.45) is 4.43. The Balaban J connectivity index is 2.62. The highest BCUT2D eigenvalue weighted by atomic mass is 32.2. The zero-order valence-corrected chi connectivity index (χ0v) is 6.34. The van der Waals surface area contributed by atoms with E-state index < -0.39 is 0 Å². The van der Waals surface area contributed by atoms with E-state index in [4.69, 9.17) is 0 Å². The lowest BCUT2D eigenvalue weighted by Gasteiger charge is -1.92. The lowest BCUT2D eigenvalue weighted by molar-refractivity contribution is 1.10. The van der Waals surface area contributed by atoms with Crippen molar-refractivity contribution in [3.05, 3.63) is 12.7 Å². The summed E-state index contributed by atoms with van der Waals surface area (Å²) >= 11 is 2.01. The summed E-state index contributed by atoms with van der Waals surface area (Å²) in [5, 5.41) is 0. The van der Waals surface area contributed by atoms with Gasteiger partial charge in [-0.15, -0.1) is 6.58 Å². The molecule has 0 aliphatic carbocycles. The third-order valence-corrected chi connectivity index (χ3v) is 2.04. The Morgan fingerprint density at radius 3 is 2.75 bits per heavy atom. The van der Waals surface area contributed by atoms with E-state index in [-0.39, 0.29) is 0 Å². The van der Waals surface area contributed by atoms with Crippen molar-refractivity contribution < 1.29 is 0 Å². The standard InChI is InChI=1S/C7H14S/c1-3-5-7-8-6-4-2/h3H,1,4-7H2,2H3. The number of hydrogen-bond donors (Lipinski definition) is 0. The molecule has 0 aromatic rings. The summed E-state index contributed by atoms with van der Waals surface area (Å²) in [5.74, 6) is 2.55. The van der Waals surface area contributed by atoms with E-state index in [0.29, 0.717) is 0 Å². The molecule has 0 spiro atoms. The topological polar surface area (TPSA) is 0 Å². The van der Waals surface area contributed by atoms with Gasteiger partial charge in [-0.1, -0.05) is 13.0 Å². The Bertz CT molecular complexity index is 50.3. The highest BCUT2D eigenvalue weighted by Gasteiger charge is 1.81. The zero-order chi connectivity index (χ0) is 6.24. The Hall–Kier alpha value is 0.0900. The Kier molecular flexibility index (Phi) is 7.17. The molecule has 0 heterocycles. The Labute approximate surface area is 56.4 Å². The maximum Gasteiger partial charge on any atom is -0.00330 e. The third kappa shape index (κ3) is 6.09. The SMILES string of the molecule is C=CCCSCCC. The Morgan fingerprint density at radius 2 is 2.25 bits per heavy atom. The van der Waals surface area contributed by atoms with E-state index in [1.165, 1.54) is 17.9 Å². The van der Waals surface area contributed by atoms with E-state index in [9.17, 15) is 0 Å². The molecule has 0 unspecified atom stereocenters. The van der Waals surface area contributed by atoms with Crippen molar-refractivity contribution >= 4 is 11.8 Å². The normalized spacial score (nSPS) is 9.12. The molecule has 0 bridgehead atoms. The molecule has 48 valence electrons. The van der Waals surface area contributed by atoms with Crippen LogP contribution in [0.15, 0.2) is 12.7 Å². The maximum atomic E-state index is 3.64. The maximum absolute atomic E-state index is 3.64. The van der Waals surface area contributed by atoms with Gasteiger partial charge in [0, 0.05) is 0 Å². The first-order chi connectivity index (χ1) is 3.91. The van der Waals surface area contributed by atoms with Crippen LogP contribution in [-0.2, 0) is 0 Å². The van der Waals surface area contributed by atoms with Crippen molar-refractivity contribution in [1.29, 1.82) is 0 Å². The van der Waals surface area contributed by atoms with E-state index in [0.717, 1.165) is 6.42 Å².